The third-order valence-corrected chi connectivity index (χ3v) is 3.57. The van der Waals surface area contributed by atoms with Gasteiger partial charge in [0.1, 0.15) is 0 Å². The maximum Gasteiger partial charge on any atom is 0.0479 e. The van der Waals surface area contributed by atoms with E-state index < -0.39 is 0 Å². The van der Waals surface area contributed by atoms with Gasteiger partial charge in [-0.1, -0.05) is 25.1 Å². The summed E-state index contributed by atoms with van der Waals surface area (Å²) >= 11 is 0. The van der Waals surface area contributed by atoms with Crippen LogP contribution in [0.2, 0.25) is 0 Å². The van der Waals surface area contributed by atoms with E-state index in [4.69, 9.17) is 4.74 Å². The average molecular weight is 248 g/mol. The zero-order chi connectivity index (χ0) is 12.8. The highest BCUT2D eigenvalue weighted by molar-refractivity contribution is 5.56. The van der Waals surface area contributed by atoms with Crippen LogP contribution in [0.4, 0.5) is 5.69 Å². The first-order valence-electron chi connectivity index (χ1n) is 6.93. The van der Waals surface area contributed by atoms with Crippen molar-refractivity contribution in [2.75, 3.05) is 38.3 Å². The highest BCUT2D eigenvalue weighted by Gasteiger charge is 2.23. The van der Waals surface area contributed by atoms with E-state index in [1.165, 1.54) is 17.7 Å². The van der Waals surface area contributed by atoms with E-state index in [0.29, 0.717) is 6.04 Å². The van der Waals surface area contributed by atoms with Crippen LogP contribution in [0, 0.1) is 0 Å². The van der Waals surface area contributed by atoms with Crippen LogP contribution in [0.5, 0.6) is 0 Å². The third kappa shape index (κ3) is 3.03. The van der Waals surface area contributed by atoms with Gasteiger partial charge >= 0.3 is 0 Å². The van der Waals surface area contributed by atoms with Crippen LogP contribution in [-0.4, -0.2) is 33.4 Å². The van der Waals surface area contributed by atoms with Crippen molar-refractivity contribution in [1.82, 2.24) is 5.32 Å². The van der Waals surface area contributed by atoms with E-state index in [1.54, 1.807) is 7.11 Å². The molecule has 3 nitrogen and oxygen atoms in total. The summed E-state index contributed by atoms with van der Waals surface area (Å²) in [5, 5.41) is 3.58. The van der Waals surface area contributed by atoms with Crippen LogP contribution in [0.1, 0.15) is 31.4 Å². The molecule has 2 rings (SSSR count). The number of nitrogens with zero attached hydrogens (tertiary/aromatic N) is 1. The minimum absolute atomic E-state index is 0.518. The van der Waals surface area contributed by atoms with Crippen LogP contribution in [-0.2, 0) is 4.74 Å². The Morgan fingerprint density at radius 1 is 1.39 bits per heavy atom. The molecule has 1 aromatic carbocycles. The Morgan fingerprint density at radius 2 is 2.22 bits per heavy atom. The first-order chi connectivity index (χ1) is 8.86. The molecule has 1 heterocycles. The fraction of sp³-hybridized carbons (Fsp3) is 0.600. The zero-order valence-corrected chi connectivity index (χ0v) is 11.5. The number of fused-ring (bicyclic) bond motifs is 1. The highest BCUT2D eigenvalue weighted by Crippen LogP contribution is 2.33. The largest absolute Gasteiger partial charge is 0.385 e. The summed E-state index contributed by atoms with van der Waals surface area (Å²) < 4.78 is 5.14. The molecule has 1 atom stereocenters. The molecule has 0 saturated heterocycles. The molecule has 0 aromatic heterocycles. The Hall–Kier alpha value is -1.06. The van der Waals surface area contributed by atoms with E-state index in [2.05, 4.69) is 41.4 Å². The normalized spacial score (nSPS) is 18.8. The van der Waals surface area contributed by atoms with Gasteiger partial charge in [-0.05, 0) is 31.0 Å². The number of para-hydroxylation sites is 1. The number of nitrogens with one attached hydrogen (secondary N) is 1. The Bertz CT molecular complexity index is 367. The van der Waals surface area contributed by atoms with Gasteiger partial charge in [-0.2, -0.15) is 0 Å². The highest BCUT2D eigenvalue weighted by atomic mass is 16.5. The number of hydrogen-bond donors (Lipinski definition) is 1. The summed E-state index contributed by atoms with van der Waals surface area (Å²) in [4.78, 5) is 2.49. The van der Waals surface area contributed by atoms with Gasteiger partial charge < -0.3 is 15.0 Å². The summed E-state index contributed by atoms with van der Waals surface area (Å²) in [6.07, 6.45) is 2.29. The van der Waals surface area contributed by atoms with Gasteiger partial charge in [0.2, 0.25) is 0 Å². The zero-order valence-electron chi connectivity index (χ0n) is 11.5. The number of ether oxygens (including phenoxy) is 1. The molecule has 0 fully saturated rings. The Kier molecular flexibility index (Phi) is 5.02. The number of rotatable bonds is 6. The van der Waals surface area contributed by atoms with Crippen molar-refractivity contribution >= 4 is 5.69 Å². The van der Waals surface area contributed by atoms with Gasteiger partial charge in [-0.25, -0.2) is 0 Å². The lowest BCUT2D eigenvalue weighted by molar-refractivity contribution is 0.196. The summed E-state index contributed by atoms with van der Waals surface area (Å²) in [6, 6.07) is 9.29. The molecule has 1 unspecified atom stereocenters. The molecule has 100 valence electrons. The van der Waals surface area contributed by atoms with Crippen LogP contribution in [0.15, 0.2) is 24.3 Å². The molecule has 0 aliphatic carbocycles. The van der Waals surface area contributed by atoms with Gasteiger partial charge in [0, 0.05) is 38.5 Å². The second kappa shape index (κ2) is 6.76. The molecule has 18 heavy (non-hydrogen) atoms. The minimum atomic E-state index is 0.518. The Balaban J connectivity index is 2.09. The molecular weight excluding hydrogens is 224 g/mol. The summed E-state index contributed by atoms with van der Waals surface area (Å²) in [5.41, 5.74) is 2.84. The molecule has 1 aliphatic heterocycles. The fourth-order valence-corrected chi connectivity index (χ4v) is 2.72. The Morgan fingerprint density at radius 3 is 3.00 bits per heavy atom. The number of benzene rings is 1. The molecule has 0 bridgehead atoms. The van der Waals surface area contributed by atoms with E-state index in [9.17, 15) is 0 Å². The molecule has 1 aliphatic rings. The molecule has 0 spiro atoms. The first kappa shape index (κ1) is 13.4. The fourth-order valence-electron chi connectivity index (χ4n) is 2.72. The number of methoxy groups -OCH3 is 1. The minimum Gasteiger partial charge on any atom is -0.385 e. The predicted molar refractivity (Wildman–Crippen MR) is 76.2 cm³/mol. The molecule has 0 amide bonds. The van der Waals surface area contributed by atoms with Crippen molar-refractivity contribution in [3.8, 4) is 0 Å². The van der Waals surface area contributed by atoms with Crippen LogP contribution in [0.25, 0.3) is 0 Å². The first-order valence-corrected chi connectivity index (χ1v) is 6.93. The van der Waals surface area contributed by atoms with Gasteiger partial charge in [0.05, 0.1) is 0 Å². The van der Waals surface area contributed by atoms with Crippen LogP contribution < -0.4 is 10.2 Å². The summed E-state index contributed by atoms with van der Waals surface area (Å²) in [6.45, 7) is 6.27. The van der Waals surface area contributed by atoms with E-state index in [1.807, 2.05) is 0 Å². The molecule has 0 radical (unpaired) electrons. The van der Waals surface area contributed by atoms with Crippen molar-refractivity contribution in [3.05, 3.63) is 29.8 Å². The van der Waals surface area contributed by atoms with Crippen LogP contribution in [0.3, 0.4) is 0 Å². The van der Waals surface area contributed by atoms with Crippen LogP contribution >= 0.6 is 0 Å². The standard InChI is InChI=1S/C15H24N2O/c1-3-16-14-9-11-17(10-6-12-18-2)15-8-5-4-7-13(14)15/h4-5,7-8,14,16H,3,6,9-12H2,1-2H3. The SMILES string of the molecule is CCNC1CCN(CCCOC)c2ccccc21. The smallest absolute Gasteiger partial charge is 0.0479 e. The van der Waals surface area contributed by atoms with E-state index >= 15 is 0 Å². The van der Waals surface area contributed by atoms with E-state index in [0.717, 1.165) is 32.7 Å². The second-order valence-corrected chi connectivity index (χ2v) is 4.79. The second-order valence-electron chi connectivity index (χ2n) is 4.79. The quantitative estimate of drug-likeness (QED) is 0.783. The van der Waals surface area contributed by atoms with Gasteiger partial charge in [-0.3, -0.25) is 0 Å². The van der Waals surface area contributed by atoms with Gasteiger partial charge in [0.25, 0.3) is 0 Å². The van der Waals surface area contributed by atoms with Gasteiger partial charge in [0.15, 0.2) is 0 Å². The van der Waals surface area contributed by atoms with E-state index in [-0.39, 0.29) is 0 Å². The average Bonchev–Trinajstić information content (AvgIpc) is 2.41. The molecule has 1 N–H and O–H groups in total. The van der Waals surface area contributed by atoms with Crippen molar-refractivity contribution in [1.29, 1.82) is 0 Å². The Labute approximate surface area is 110 Å². The lowest BCUT2D eigenvalue weighted by Crippen LogP contribution is -2.36. The maximum atomic E-state index is 5.14. The predicted octanol–water partition coefficient (Wildman–Crippen LogP) is 2.58. The summed E-state index contributed by atoms with van der Waals surface area (Å²) in [5.74, 6) is 0. The topological polar surface area (TPSA) is 24.5 Å². The number of hydrogen-bond acceptors (Lipinski definition) is 3. The van der Waals surface area contributed by atoms with Crippen molar-refractivity contribution in [2.24, 2.45) is 0 Å². The molecule has 3 heteroatoms. The van der Waals surface area contributed by atoms with Gasteiger partial charge in [-0.15, -0.1) is 0 Å². The van der Waals surface area contributed by atoms with Crippen molar-refractivity contribution in [3.63, 3.8) is 0 Å². The third-order valence-electron chi connectivity index (χ3n) is 3.57. The molecule has 0 saturated carbocycles. The van der Waals surface area contributed by atoms with Crippen molar-refractivity contribution < 1.29 is 4.74 Å². The monoisotopic (exact) mass is 248 g/mol. The molecular formula is C15H24N2O. The maximum absolute atomic E-state index is 5.14. The number of anilines is 1. The van der Waals surface area contributed by atoms with Crippen molar-refractivity contribution in [2.45, 2.75) is 25.8 Å². The lowest BCUT2D eigenvalue weighted by atomic mass is 9.96. The lowest BCUT2D eigenvalue weighted by Gasteiger charge is -2.36. The molecule has 1 aromatic rings. The summed E-state index contributed by atoms with van der Waals surface area (Å²) in [7, 11) is 1.77.